The number of oxime groups is 1. The number of hydrogen-bond acceptors (Lipinski definition) is 3. The first-order chi connectivity index (χ1) is 7.13. The van der Waals surface area contributed by atoms with Crippen molar-refractivity contribution in [2.24, 2.45) is 10.9 Å². The van der Waals surface area contributed by atoms with Gasteiger partial charge in [-0.05, 0) is 29.3 Å². The summed E-state index contributed by atoms with van der Waals surface area (Å²) < 4.78 is 2.82. The maximum absolute atomic E-state index is 8.53. The summed E-state index contributed by atoms with van der Waals surface area (Å²) in [6.07, 6.45) is 1.26. The largest absolute Gasteiger partial charge is 0.409 e. The van der Waals surface area contributed by atoms with Crippen molar-refractivity contribution in [1.82, 2.24) is 9.78 Å². The van der Waals surface area contributed by atoms with E-state index >= 15 is 0 Å². The molecule has 0 fully saturated rings. The number of rotatable bonds is 4. The minimum Gasteiger partial charge on any atom is -0.409 e. The van der Waals surface area contributed by atoms with Gasteiger partial charge in [0.2, 0.25) is 0 Å². The zero-order valence-electron chi connectivity index (χ0n) is 8.87. The van der Waals surface area contributed by atoms with Crippen molar-refractivity contribution in [3.05, 3.63) is 15.9 Å². The average molecular weight is 275 g/mol. The van der Waals surface area contributed by atoms with Gasteiger partial charge in [0.15, 0.2) is 0 Å². The van der Waals surface area contributed by atoms with Crippen LogP contribution in [0.4, 0.5) is 0 Å². The predicted octanol–water partition coefficient (Wildman–Crippen LogP) is 1.52. The third kappa shape index (κ3) is 2.50. The van der Waals surface area contributed by atoms with E-state index in [1.807, 2.05) is 18.5 Å². The highest BCUT2D eigenvalue weighted by atomic mass is 79.9. The van der Waals surface area contributed by atoms with Crippen molar-refractivity contribution >= 4 is 21.8 Å². The summed E-state index contributed by atoms with van der Waals surface area (Å²) in [4.78, 5) is 0. The molecule has 6 heteroatoms. The molecule has 3 N–H and O–H groups in total. The number of amidine groups is 1. The summed E-state index contributed by atoms with van der Waals surface area (Å²) in [6.45, 7) is 4.82. The van der Waals surface area contributed by atoms with Gasteiger partial charge in [-0.2, -0.15) is 5.10 Å². The molecule has 0 radical (unpaired) electrons. The molecule has 84 valence electrons. The molecule has 0 bridgehead atoms. The summed E-state index contributed by atoms with van der Waals surface area (Å²) in [5.41, 5.74) is 7.43. The van der Waals surface area contributed by atoms with Crippen LogP contribution in [0.2, 0.25) is 0 Å². The van der Waals surface area contributed by atoms with Crippen molar-refractivity contribution in [2.45, 2.75) is 33.2 Å². The zero-order chi connectivity index (χ0) is 11.4. The second-order valence-electron chi connectivity index (χ2n) is 3.14. The Labute approximate surface area is 97.1 Å². The minimum absolute atomic E-state index is 0.188. The molecular weight excluding hydrogens is 260 g/mol. The number of aromatic nitrogens is 2. The highest BCUT2D eigenvalue weighted by molar-refractivity contribution is 9.10. The van der Waals surface area contributed by atoms with Crippen molar-refractivity contribution in [3.8, 4) is 0 Å². The van der Waals surface area contributed by atoms with E-state index in [0.717, 1.165) is 28.8 Å². The SMILES string of the molecule is CCc1nn(CC)c(CC(N)=NO)c1Br. The summed E-state index contributed by atoms with van der Waals surface area (Å²) >= 11 is 3.49. The van der Waals surface area contributed by atoms with Crippen LogP contribution in [0.25, 0.3) is 0 Å². The lowest BCUT2D eigenvalue weighted by Gasteiger charge is -2.03. The van der Waals surface area contributed by atoms with Crippen molar-refractivity contribution in [3.63, 3.8) is 0 Å². The second kappa shape index (κ2) is 5.16. The molecular formula is C9H15BrN4O. The topological polar surface area (TPSA) is 76.4 Å². The minimum atomic E-state index is 0.188. The van der Waals surface area contributed by atoms with Gasteiger partial charge in [-0.1, -0.05) is 12.1 Å². The van der Waals surface area contributed by atoms with Gasteiger partial charge in [-0.3, -0.25) is 4.68 Å². The van der Waals surface area contributed by atoms with Gasteiger partial charge in [0, 0.05) is 6.54 Å². The first-order valence-electron chi connectivity index (χ1n) is 4.84. The third-order valence-electron chi connectivity index (χ3n) is 2.17. The van der Waals surface area contributed by atoms with E-state index in [0.29, 0.717) is 6.42 Å². The Bertz CT molecular complexity index is 372. The smallest absolute Gasteiger partial charge is 0.145 e. The molecule has 0 atom stereocenters. The van der Waals surface area contributed by atoms with E-state index in [-0.39, 0.29) is 5.84 Å². The van der Waals surface area contributed by atoms with Crippen molar-refractivity contribution in [1.29, 1.82) is 0 Å². The van der Waals surface area contributed by atoms with Gasteiger partial charge in [0.1, 0.15) is 5.84 Å². The molecule has 0 aliphatic rings. The maximum atomic E-state index is 8.53. The Morgan fingerprint density at radius 2 is 2.27 bits per heavy atom. The van der Waals surface area contributed by atoms with E-state index in [9.17, 15) is 0 Å². The number of halogens is 1. The van der Waals surface area contributed by atoms with Gasteiger partial charge >= 0.3 is 0 Å². The van der Waals surface area contributed by atoms with Crippen LogP contribution in [0.1, 0.15) is 25.2 Å². The lowest BCUT2D eigenvalue weighted by molar-refractivity contribution is 0.317. The number of nitrogens with two attached hydrogens (primary N) is 1. The predicted molar refractivity (Wildman–Crippen MR) is 62.1 cm³/mol. The van der Waals surface area contributed by atoms with Crippen LogP contribution in [0.15, 0.2) is 9.63 Å². The van der Waals surface area contributed by atoms with Gasteiger partial charge in [0.25, 0.3) is 0 Å². The van der Waals surface area contributed by atoms with Gasteiger partial charge in [0.05, 0.1) is 22.3 Å². The highest BCUT2D eigenvalue weighted by Gasteiger charge is 2.14. The van der Waals surface area contributed by atoms with Crippen LogP contribution >= 0.6 is 15.9 Å². The maximum Gasteiger partial charge on any atom is 0.145 e. The molecule has 0 amide bonds. The van der Waals surface area contributed by atoms with Crippen LogP contribution in [0.3, 0.4) is 0 Å². The Balaban J connectivity index is 3.08. The van der Waals surface area contributed by atoms with Crippen molar-refractivity contribution in [2.75, 3.05) is 0 Å². The van der Waals surface area contributed by atoms with E-state index in [2.05, 4.69) is 26.2 Å². The van der Waals surface area contributed by atoms with Gasteiger partial charge < -0.3 is 10.9 Å². The van der Waals surface area contributed by atoms with Crippen molar-refractivity contribution < 1.29 is 5.21 Å². The van der Waals surface area contributed by atoms with Crippen LogP contribution in [0.5, 0.6) is 0 Å². The molecule has 0 spiro atoms. The molecule has 0 aliphatic heterocycles. The van der Waals surface area contributed by atoms with Crippen LogP contribution in [0, 0.1) is 0 Å². The second-order valence-corrected chi connectivity index (χ2v) is 3.94. The molecule has 0 unspecified atom stereocenters. The van der Waals surface area contributed by atoms with Gasteiger partial charge in [-0.25, -0.2) is 0 Å². The quantitative estimate of drug-likeness (QED) is 0.378. The van der Waals surface area contributed by atoms with E-state index < -0.39 is 0 Å². The molecule has 15 heavy (non-hydrogen) atoms. The molecule has 1 aromatic heterocycles. The number of nitrogens with zero attached hydrogens (tertiary/aromatic N) is 3. The van der Waals surface area contributed by atoms with Crippen LogP contribution < -0.4 is 5.73 Å². The van der Waals surface area contributed by atoms with E-state index in [1.165, 1.54) is 0 Å². The molecule has 0 saturated heterocycles. The molecule has 1 aromatic rings. The lowest BCUT2D eigenvalue weighted by Crippen LogP contribution is -2.17. The monoisotopic (exact) mass is 274 g/mol. The molecule has 1 heterocycles. The van der Waals surface area contributed by atoms with Gasteiger partial charge in [-0.15, -0.1) is 0 Å². The molecule has 0 aliphatic carbocycles. The fourth-order valence-electron chi connectivity index (χ4n) is 1.39. The average Bonchev–Trinajstić information content (AvgIpc) is 2.55. The Morgan fingerprint density at radius 1 is 1.60 bits per heavy atom. The molecule has 1 rings (SSSR count). The first-order valence-corrected chi connectivity index (χ1v) is 5.63. The summed E-state index contributed by atoms with van der Waals surface area (Å²) in [6, 6.07) is 0. The molecule has 0 saturated carbocycles. The van der Waals surface area contributed by atoms with Crippen LogP contribution in [-0.2, 0) is 19.4 Å². The Morgan fingerprint density at radius 3 is 2.73 bits per heavy atom. The number of hydrogen-bond donors (Lipinski definition) is 2. The number of aryl methyl sites for hydroxylation is 2. The summed E-state index contributed by atoms with van der Waals surface area (Å²) in [5.74, 6) is 0.188. The zero-order valence-corrected chi connectivity index (χ0v) is 10.5. The Kier molecular flexibility index (Phi) is 4.14. The molecule has 0 aromatic carbocycles. The molecule has 5 nitrogen and oxygen atoms in total. The normalized spacial score (nSPS) is 12.1. The highest BCUT2D eigenvalue weighted by Crippen LogP contribution is 2.22. The summed E-state index contributed by atoms with van der Waals surface area (Å²) in [7, 11) is 0. The Hall–Kier alpha value is -1.04. The third-order valence-corrected chi connectivity index (χ3v) is 3.09. The van der Waals surface area contributed by atoms with E-state index in [1.54, 1.807) is 0 Å². The first kappa shape index (κ1) is 12.0. The van der Waals surface area contributed by atoms with E-state index in [4.69, 9.17) is 10.9 Å². The van der Waals surface area contributed by atoms with Crippen LogP contribution in [-0.4, -0.2) is 20.8 Å². The fourth-order valence-corrected chi connectivity index (χ4v) is 2.10. The lowest BCUT2D eigenvalue weighted by atomic mass is 10.2. The standard InChI is InChI=1S/C9H15BrN4O/c1-3-6-9(10)7(5-8(11)13-15)14(4-2)12-6/h15H,3-5H2,1-2H3,(H2,11,13). The summed E-state index contributed by atoms with van der Waals surface area (Å²) in [5, 5.41) is 15.9. The fraction of sp³-hybridized carbons (Fsp3) is 0.556.